The highest BCUT2D eigenvalue weighted by atomic mass is 35.5. The van der Waals surface area contributed by atoms with E-state index in [4.69, 9.17) is 11.6 Å². The summed E-state index contributed by atoms with van der Waals surface area (Å²) in [5.41, 5.74) is 0.893. The van der Waals surface area contributed by atoms with Crippen molar-refractivity contribution in [1.29, 1.82) is 0 Å². The molecule has 0 heterocycles. The summed E-state index contributed by atoms with van der Waals surface area (Å²) in [5.74, 6) is 0. The Hall–Kier alpha value is -0.890. The molecule has 0 aliphatic heterocycles. The number of benzene rings is 1. The van der Waals surface area contributed by atoms with Crippen LogP contribution in [0.3, 0.4) is 0 Å². The Morgan fingerprint density at radius 1 is 1.36 bits per heavy atom. The van der Waals surface area contributed by atoms with Gasteiger partial charge in [-0.15, -0.1) is 0 Å². The van der Waals surface area contributed by atoms with Crippen molar-refractivity contribution in [3.05, 3.63) is 39.8 Å². The van der Waals surface area contributed by atoms with Crippen molar-refractivity contribution in [3.8, 4) is 0 Å². The zero-order chi connectivity index (χ0) is 8.27. The largest absolute Gasteiger partial charge is 0.150 e. The minimum atomic E-state index is -0.285. The minimum Gasteiger partial charge on any atom is -0.150 e. The summed E-state index contributed by atoms with van der Waals surface area (Å²) in [5, 5.41) is 3.57. The second-order valence-electron chi connectivity index (χ2n) is 2.33. The first-order chi connectivity index (χ1) is 5.24. The molecule has 0 N–H and O–H groups in total. The van der Waals surface area contributed by atoms with Crippen LogP contribution in [0.5, 0.6) is 0 Å². The minimum absolute atomic E-state index is 0.285. The molecule has 11 heavy (non-hydrogen) atoms. The van der Waals surface area contributed by atoms with E-state index in [-0.39, 0.29) is 6.04 Å². The third kappa shape index (κ3) is 2.02. The summed E-state index contributed by atoms with van der Waals surface area (Å²) in [4.78, 5) is 10.1. The predicted octanol–water partition coefficient (Wildman–Crippen LogP) is 3.17. The molecule has 1 unspecified atom stereocenters. The highest BCUT2D eigenvalue weighted by molar-refractivity contribution is 6.30. The average molecular weight is 170 g/mol. The summed E-state index contributed by atoms with van der Waals surface area (Å²) in [6.45, 7) is 1.75. The van der Waals surface area contributed by atoms with Crippen LogP contribution in [-0.2, 0) is 0 Å². The molecule has 0 spiro atoms. The number of rotatable bonds is 2. The van der Waals surface area contributed by atoms with Crippen molar-refractivity contribution in [3.63, 3.8) is 0 Å². The van der Waals surface area contributed by atoms with Gasteiger partial charge in [0.15, 0.2) is 0 Å². The highest BCUT2D eigenvalue weighted by Gasteiger charge is 2.02. The molecule has 0 amide bonds. The van der Waals surface area contributed by atoms with Gasteiger partial charge in [0, 0.05) is 5.02 Å². The lowest BCUT2D eigenvalue weighted by Crippen LogP contribution is -1.86. The van der Waals surface area contributed by atoms with Crippen LogP contribution in [0, 0.1) is 4.91 Å². The molecule has 1 atom stereocenters. The lowest BCUT2D eigenvalue weighted by Gasteiger charge is -2.00. The van der Waals surface area contributed by atoms with E-state index in [0.717, 1.165) is 5.56 Å². The lowest BCUT2D eigenvalue weighted by atomic mass is 10.1. The quantitative estimate of drug-likeness (QED) is 0.626. The topological polar surface area (TPSA) is 29.4 Å². The maximum Gasteiger partial charge on any atom is 0.114 e. The number of hydrogen-bond acceptors (Lipinski definition) is 2. The molecule has 1 aromatic carbocycles. The molecule has 0 aliphatic rings. The Balaban J connectivity index is 2.89. The second-order valence-corrected chi connectivity index (χ2v) is 2.77. The fraction of sp³-hybridized carbons (Fsp3) is 0.250. The molecule has 0 bridgehead atoms. The number of nitrogens with zero attached hydrogens (tertiary/aromatic N) is 1. The molecule has 0 aliphatic carbocycles. The van der Waals surface area contributed by atoms with Crippen LogP contribution in [0.25, 0.3) is 0 Å². The Morgan fingerprint density at radius 3 is 2.36 bits per heavy atom. The van der Waals surface area contributed by atoms with Gasteiger partial charge in [-0.3, -0.25) is 0 Å². The van der Waals surface area contributed by atoms with Gasteiger partial charge >= 0.3 is 0 Å². The van der Waals surface area contributed by atoms with Gasteiger partial charge in [0.25, 0.3) is 0 Å². The fourth-order valence-corrected chi connectivity index (χ4v) is 0.928. The Kier molecular flexibility index (Phi) is 2.60. The second kappa shape index (κ2) is 3.49. The summed E-state index contributed by atoms with van der Waals surface area (Å²) in [6.07, 6.45) is 0. The van der Waals surface area contributed by atoms with E-state index in [1.807, 2.05) is 0 Å². The van der Waals surface area contributed by atoms with Crippen molar-refractivity contribution in [1.82, 2.24) is 0 Å². The zero-order valence-corrected chi connectivity index (χ0v) is 6.88. The molecule has 0 radical (unpaired) electrons. The van der Waals surface area contributed by atoms with Crippen molar-refractivity contribution < 1.29 is 0 Å². The third-order valence-corrected chi connectivity index (χ3v) is 1.76. The third-order valence-electron chi connectivity index (χ3n) is 1.51. The Bertz CT molecular complexity index is 245. The van der Waals surface area contributed by atoms with E-state index in [0.29, 0.717) is 5.02 Å². The summed E-state index contributed by atoms with van der Waals surface area (Å²) >= 11 is 5.65. The zero-order valence-electron chi connectivity index (χ0n) is 6.12. The molecule has 58 valence electrons. The fourth-order valence-electron chi connectivity index (χ4n) is 0.802. The van der Waals surface area contributed by atoms with Gasteiger partial charge in [-0.05, 0) is 24.6 Å². The SMILES string of the molecule is CC(N=O)c1ccc(Cl)cc1. The molecule has 1 aromatic rings. The first-order valence-corrected chi connectivity index (χ1v) is 3.70. The molecule has 0 saturated carbocycles. The monoisotopic (exact) mass is 169 g/mol. The van der Waals surface area contributed by atoms with Crippen LogP contribution >= 0.6 is 11.6 Å². The van der Waals surface area contributed by atoms with Crippen LogP contribution in [0.4, 0.5) is 0 Å². The van der Waals surface area contributed by atoms with Gasteiger partial charge in [0.1, 0.15) is 6.04 Å². The van der Waals surface area contributed by atoms with Crippen LogP contribution < -0.4 is 0 Å². The van der Waals surface area contributed by atoms with E-state index >= 15 is 0 Å². The maximum absolute atomic E-state index is 10.1. The van der Waals surface area contributed by atoms with Crippen LogP contribution in [0.15, 0.2) is 29.4 Å². The Morgan fingerprint density at radius 2 is 1.91 bits per heavy atom. The van der Waals surface area contributed by atoms with E-state index in [2.05, 4.69) is 5.18 Å². The van der Waals surface area contributed by atoms with E-state index in [1.165, 1.54) is 0 Å². The van der Waals surface area contributed by atoms with Crippen LogP contribution in [-0.4, -0.2) is 0 Å². The van der Waals surface area contributed by atoms with Gasteiger partial charge in [-0.2, -0.15) is 4.91 Å². The molecule has 3 heteroatoms. The van der Waals surface area contributed by atoms with Crippen LogP contribution in [0.1, 0.15) is 18.5 Å². The van der Waals surface area contributed by atoms with E-state index < -0.39 is 0 Å². The standard InChI is InChI=1S/C8H8ClNO/c1-6(10-11)7-2-4-8(9)5-3-7/h2-6H,1H3. The average Bonchev–Trinajstić information content (AvgIpc) is 2.05. The molecule has 0 aromatic heterocycles. The first-order valence-electron chi connectivity index (χ1n) is 3.32. The molecule has 0 fully saturated rings. The smallest absolute Gasteiger partial charge is 0.114 e. The maximum atomic E-state index is 10.1. The first kappa shape index (κ1) is 8.21. The van der Waals surface area contributed by atoms with E-state index in [9.17, 15) is 4.91 Å². The summed E-state index contributed by atoms with van der Waals surface area (Å²) in [7, 11) is 0. The Labute approximate surface area is 70.2 Å². The predicted molar refractivity (Wildman–Crippen MR) is 45.7 cm³/mol. The normalized spacial score (nSPS) is 12.5. The lowest BCUT2D eigenvalue weighted by molar-refractivity contribution is 0.811. The highest BCUT2D eigenvalue weighted by Crippen LogP contribution is 2.18. The van der Waals surface area contributed by atoms with Gasteiger partial charge in [-0.25, -0.2) is 0 Å². The number of nitroso groups, excluding NO2 is 1. The van der Waals surface area contributed by atoms with Crippen molar-refractivity contribution in [2.75, 3.05) is 0 Å². The van der Waals surface area contributed by atoms with Crippen molar-refractivity contribution in [2.24, 2.45) is 5.18 Å². The van der Waals surface area contributed by atoms with Gasteiger partial charge in [0.05, 0.1) is 0 Å². The molecule has 2 nitrogen and oxygen atoms in total. The number of halogens is 1. The molecular weight excluding hydrogens is 162 g/mol. The molecular formula is C8H8ClNO. The van der Waals surface area contributed by atoms with Gasteiger partial charge in [-0.1, -0.05) is 28.9 Å². The summed E-state index contributed by atoms with van der Waals surface area (Å²) in [6, 6.07) is 6.81. The van der Waals surface area contributed by atoms with Crippen molar-refractivity contribution in [2.45, 2.75) is 13.0 Å². The van der Waals surface area contributed by atoms with Crippen molar-refractivity contribution >= 4 is 11.6 Å². The van der Waals surface area contributed by atoms with Gasteiger partial charge in [0.2, 0.25) is 0 Å². The van der Waals surface area contributed by atoms with Crippen LogP contribution in [0.2, 0.25) is 5.02 Å². The molecule has 0 saturated heterocycles. The number of hydrogen-bond donors (Lipinski definition) is 0. The summed E-state index contributed by atoms with van der Waals surface area (Å²) < 4.78 is 0. The van der Waals surface area contributed by atoms with Gasteiger partial charge < -0.3 is 0 Å². The van der Waals surface area contributed by atoms with E-state index in [1.54, 1.807) is 31.2 Å². The molecule has 1 rings (SSSR count).